The molecule has 0 radical (unpaired) electrons. The van der Waals surface area contributed by atoms with Gasteiger partial charge in [-0.25, -0.2) is 0 Å². The van der Waals surface area contributed by atoms with E-state index in [-0.39, 0.29) is 0 Å². The van der Waals surface area contributed by atoms with Crippen LogP contribution in [-0.4, -0.2) is 19.2 Å². The fourth-order valence-corrected chi connectivity index (χ4v) is 3.57. The van der Waals surface area contributed by atoms with Gasteiger partial charge in [0.2, 0.25) is 0 Å². The van der Waals surface area contributed by atoms with Crippen molar-refractivity contribution in [3.05, 3.63) is 96.1 Å². The van der Waals surface area contributed by atoms with E-state index in [0.717, 1.165) is 25.3 Å². The van der Waals surface area contributed by atoms with Crippen molar-refractivity contribution in [2.75, 3.05) is 18.1 Å². The van der Waals surface area contributed by atoms with Crippen LogP contribution in [-0.2, 0) is 6.42 Å². The maximum atomic E-state index is 5.92. The summed E-state index contributed by atoms with van der Waals surface area (Å²) in [5.74, 6) is 1.53. The van der Waals surface area contributed by atoms with Crippen LogP contribution in [0.15, 0.2) is 84.9 Å². The molecule has 0 amide bonds. The highest BCUT2D eigenvalue weighted by atomic mass is 16.5. The first-order valence-electron chi connectivity index (χ1n) is 10.2. The molecule has 0 saturated carbocycles. The minimum Gasteiger partial charge on any atom is -0.492 e. The minimum atomic E-state index is 0.560. The van der Waals surface area contributed by atoms with Crippen LogP contribution >= 0.6 is 0 Å². The molecule has 2 nitrogen and oxygen atoms in total. The minimum absolute atomic E-state index is 0.560. The predicted molar refractivity (Wildman–Crippen MR) is 119 cm³/mol. The van der Waals surface area contributed by atoms with Gasteiger partial charge in [-0.1, -0.05) is 80.6 Å². The lowest BCUT2D eigenvalue weighted by Crippen LogP contribution is -2.33. The third kappa shape index (κ3) is 5.39. The Morgan fingerprint density at radius 2 is 1.46 bits per heavy atom. The smallest absolute Gasteiger partial charge is 0.119 e. The maximum absolute atomic E-state index is 5.92. The molecule has 0 fully saturated rings. The number of benzene rings is 3. The van der Waals surface area contributed by atoms with Crippen molar-refractivity contribution in [2.45, 2.75) is 39.2 Å². The van der Waals surface area contributed by atoms with E-state index in [1.165, 1.54) is 16.8 Å². The fraction of sp³-hybridized carbons (Fsp3) is 0.308. The first-order valence-corrected chi connectivity index (χ1v) is 10.2. The highest BCUT2D eigenvalue weighted by Gasteiger charge is 2.24. The van der Waals surface area contributed by atoms with E-state index in [1.54, 1.807) is 0 Å². The van der Waals surface area contributed by atoms with Crippen molar-refractivity contribution in [3.8, 4) is 5.75 Å². The lowest BCUT2D eigenvalue weighted by molar-refractivity contribution is 0.321. The Kier molecular flexibility index (Phi) is 7.13. The summed E-state index contributed by atoms with van der Waals surface area (Å²) in [5, 5.41) is 0. The number of fused-ring (bicyclic) bond motifs is 1. The van der Waals surface area contributed by atoms with Gasteiger partial charge in [-0.05, 0) is 48.6 Å². The van der Waals surface area contributed by atoms with Crippen LogP contribution in [0.4, 0.5) is 5.69 Å². The maximum Gasteiger partial charge on any atom is 0.119 e. The number of hydrogen-bond donors (Lipinski definition) is 0. The lowest BCUT2D eigenvalue weighted by atomic mass is 10.0. The number of anilines is 1. The first-order chi connectivity index (χ1) is 13.6. The molecule has 3 aromatic rings. The number of rotatable bonds is 5. The van der Waals surface area contributed by atoms with E-state index >= 15 is 0 Å². The molecule has 1 atom stereocenters. The van der Waals surface area contributed by atoms with Crippen molar-refractivity contribution in [1.82, 2.24) is 0 Å². The first kappa shape index (κ1) is 20.0. The van der Waals surface area contributed by atoms with Gasteiger partial charge in [0.1, 0.15) is 12.4 Å². The second kappa shape index (κ2) is 9.98. The number of hydrogen-bond acceptors (Lipinski definition) is 2. The van der Waals surface area contributed by atoms with Crippen LogP contribution in [0.5, 0.6) is 5.75 Å². The van der Waals surface area contributed by atoms with E-state index in [1.807, 2.05) is 36.4 Å². The second-order valence-corrected chi connectivity index (χ2v) is 7.60. The molecular weight excluding hydrogens is 342 g/mol. The standard InChI is InChI=1S/C20H25NO.C6H6/c1-15(2)17-8-10-19(11-9-17)22-13-12-21-16(3)14-18-6-4-5-7-20(18)21;1-2-4-6-5-3-1/h4-11,15-16H,12-14H2,1-3H3;1-6H. The number of para-hydroxylation sites is 1. The van der Waals surface area contributed by atoms with Crippen LogP contribution < -0.4 is 9.64 Å². The van der Waals surface area contributed by atoms with Gasteiger partial charge < -0.3 is 9.64 Å². The average molecular weight is 374 g/mol. The summed E-state index contributed by atoms with van der Waals surface area (Å²) in [6, 6.07) is 29.7. The van der Waals surface area contributed by atoms with Gasteiger partial charge in [0.15, 0.2) is 0 Å². The van der Waals surface area contributed by atoms with Crippen LogP contribution in [0.25, 0.3) is 0 Å². The summed E-state index contributed by atoms with van der Waals surface area (Å²) in [6.07, 6.45) is 1.14. The van der Waals surface area contributed by atoms with Gasteiger partial charge in [-0.2, -0.15) is 0 Å². The van der Waals surface area contributed by atoms with E-state index < -0.39 is 0 Å². The second-order valence-electron chi connectivity index (χ2n) is 7.60. The van der Waals surface area contributed by atoms with Crippen molar-refractivity contribution in [1.29, 1.82) is 0 Å². The molecule has 0 saturated heterocycles. The van der Waals surface area contributed by atoms with Gasteiger partial charge in [-0.3, -0.25) is 0 Å². The molecule has 0 bridgehead atoms. The van der Waals surface area contributed by atoms with E-state index in [0.29, 0.717) is 12.0 Å². The molecular formula is C26H31NO. The van der Waals surface area contributed by atoms with Crippen LogP contribution in [0.1, 0.15) is 37.8 Å². The van der Waals surface area contributed by atoms with E-state index in [2.05, 4.69) is 74.2 Å². The van der Waals surface area contributed by atoms with E-state index in [4.69, 9.17) is 4.74 Å². The Hall–Kier alpha value is -2.74. The molecule has 1 aliphatic heterocycles. The third-order valence-electron chi connectivity index (χ3n) is 5.16. The molecule has 1 unspecified atom stereocenters. The molecule has 0 aromatic heterocycles. The summed E-state index contributed by atoms with van der Waals surface area (Å²) >= 11 is 0. The zero-order valence-electron chi connectivity index (χ0n) is 17.2. The SMILES string of the molecule is CC(C)c1ccc(OCCN2c3ccccc3CC2C)cc1.c1ccccc1. The summed E-state index contributed by atoms with van der Waals surface area (Å²) in [7, 11) is 0. The summed E-state index contributed by atoms with van der Waals surface area (Å²) < 4.78 is 5.92. The molecule has 0 aliphatic carbocycles. The topological polar surface area (TPSA) is 12.5 Å². The third-order valence-corrected chi connectivity index (χ3v) is 5.16. The van der Waals surface area contributed by atoms with Gasteiger partial charge >= 0.3 is 0 Å². The largest absolute Gasteiger partial charge is 0.492 e. The summed E-state index contributed by atoms with van der Waals surface area (Å²) in [5.41, 5.74) is 4.18. The Balaban J connectivity index is 0.000000320. The average Bonchev–Trinajstić information content (AvgIpc) is 3.05. The van der Waals surface area contributed by atoms with Crippen molar-refractivity contribution in [2.24, 2.45) is 0 Å². The lowest BCUT2D eigenvalue weighted by Gasteiger charge is -2.24. The van der Waals surface area contributed by atoms with Crippen LogP contribution in [0.2, 0.25) is 0 Å². The monoisotopic (exact) mass is 373 g/mol. The quantitative estimate of drug-likeness (QED) is 0.518. The molecule has 1 aliphatic rings. The van der Waals surface area contributed by atoms with Gasteiger partial charge in [0.05, 0.1) is 6.54 Å². The fourth-order valence-electron chi connectivity index (χ4n) is 3.57. The predicted octanol–water partition coefficient (Wildman–Crippen LogP) is 6.33. The molecule has 4 rings (SSSR count). The van der Waals surface area contributed by atoms with Crippen molar-refractivity contribution < 1.29 is 4.74 Å². The Labute approximate surface area is 169 Å². The Morgan fingerprint density at radius 3 is 2.07 bits per heavy atom. The molecule has 0 spiro atoms. The Morgan fingerprint density at radius 1 is 0.857 bits per heavy atom. The molecule has 1 heterocycles. The summed E-state index contributed by atoms with van der Waals surface area (Å²) in [4.78, 5) is 2.46. The zero-order valence-corrected chi connectivity index (χ0v) is 17.2. The molecule has 3 aromatic carbocycles. The van der Waals surface area contributed by atoms with Crippen molar-refractivity contribution in [3.63, 3.8) is 0 Å². The molecule has 146 valence electrons. The zero-order chi connectivity index (χ0) is 19.8. The highest BCUT2D eigenvalue weighted by molar-refractivity contribution is 5.59. The Bertz CT molecular complexity index is 800. The number of nitrogens with zero attached hydrogens (tertiary/aromatic N) is 1. The van der Waals surface area contributed by atoms with Gasteiger partial charge in [-0.15, -0.1) is 0 Å². The van der Waals surface area contributed by atoms with Crippen LogP contribution in [0.3, 0.4) is 0 Å². The number of ether oxygens (including phenoxy) is 1. The highest BCUT2D eigenvalue weighted by Crippen LogP contribution is 2.31. The molecule has 28 heavy (non-hydrogen) atoms. The molecule has 2 heteroatoms. The summed E-state index contributed by atoms with van der Waals surface area (Å²) in [6.45, 7) is 8.37. The molecule has 0 N–H and O–H groups in total. The van der Waals surface area contributed by atoms with Gasteiger partial charge in [0, 0.05) is 11.7 Å². The van der Waals surface area contributed by atoms with E-state index in [9.17, 15) is 0 Å². The normalized spacial score (nSPS) is 15.0. The van der Waals surface area contributed by atoms with Gasteiger partial charge in [0.25, 0.3) is 0 Å². The van der Waals surface area contributed by atoms with Crippen molar-refractivity contribution >= 4 is 5.69 Å². The van der Waals surface area contributed by atoms with Crippen LogP contribution in [0, 0.1) is 0 Å².